The highest BCUT2D eigenvalue weighted by Gasteiger charge is 2.34. The molecule has 5 amide bonds. The van der Waals surface area contributed by atoms with Gasteiger partial charge in [-0.05, 0) is 62.6 Å². The first-order valence-electron chi connectivity index (χ1n) is 28.8. The zero-order valence-electron chi connectivity index (χ0n) is 49.6. The molecule has 4 atom stereocenters. The van der Waals surface area contributed by atoms with Crippen molar-refractivity contribution in [3.05, 3.63) is 111 Å². The zero-order chi connectivity index (χ0) is 64.5. The number of hydroxylamine groups is 1. The molecule has 1 fully saturated rings. The average molecular weight is 1350 g/mol. The van der Waals surface area contributed by atoms with E-state index in [4.69, 9.17) is 49.2 Å². The van der Waals surface area contributed by atoms with E-state index in [1.54, 1.807) is 59.5 Å². The summed E-state index contributed by atoms with van der Waals surface area (Å²) in [7, 11) is 2.98. The molecule has 1 aliphatic carbocycles. The van der Waals surface area contributed by atoms with Crippen molar-refractivity contribution in [2.45, 2.75) is 109 Å². The first kappa shape index (κ1) is 66.0. The summed E-state index contributed by atoms with van der Waals surface area (Å²) in [5.41, 5.74) is 6.31. The number of hydrogen-bond acceptors (Lipinski definition) is 25. The number of anilines is 1. The van der Waals surface area contributed by atoms with Crippen LogP contribution in [0.2, 0.25) is 0 Å². The summed E-state index contributed by atoms with van der Waals surface area (Å²) in [6, 6.07) is 9.72. The molecule has 2 aliphatic rings. The molecule has 8 N–H and O–H groups in total. The monoisotopic (exact) mass is 1350 g/mol. The number of amides is 5. The SMILES string of the molecule is CNC(=O)C[C@@H]1NOCc2csc(n2)-c2ccc(-c3nc(N(CCCC(=O)O)C(=O)OC4CCC(C(=O)O)CC4)cs3)nc2-c2csc(n2)-c2csc(n2)[C@H]([C@@H](O)c2ccccc2)NC(=O)CNC(=O)c2nc(sc2COC)C(C(C)C)NC(=O)c2nc1sc2C. The molecule has 10 bridgehead atoms. The van der Waals surface area contributed by atoms with Crippen molar-refractivity contribution in [1.29, 1.82) is 0 Å². The Morgan fingerprint density at radius 2 is 1.49 bits per heavy atom. The molecule has 1 saturated carbocycles. The molecule has 0 saturated heterocycles. The zero-order valence-corrected chi connectivity index (χ0v) is 54.5. The fourth-order valence-electron chi connectivity index (χ4n) is 9.98. The Morgan fingerprint density at radius 3 is 2.23 bits per heavy atom. The number of carbonyl (C=O) groups excluding carboxylic acids is 5. The van der Waals surface area contributed by atoms with Gasteiger partial charge in [0.05, 0.1) is 53.8 Å². The van der Waals surface area contributed by atoms with Crippen LogP contribution in [-0.4, -0.2) is 125 Å². The van der Waals surface area contributed by atoms with Crippen LogP contribution in [0.1, 0.15) is 140 Å². The van der Waals surface area contributed by atoms with E-state index in [2.05, 4.69) is 26.7 Å². The van der Waals surface area contributed by atoms with Crippen molar-refractivity contribution in [2.75, 3.05) is 32.1 Å². The number of thiazole rings is 6. The van der Waals surface area contributed by atoms with Crippen LogP contribution in [0.4, 0.5) is 10.6 Å². The second kappa shape index (κ2) is 30.0. The number of benzene rings is 1. The van der Waals surface area contributed by atoms with Gasteiger partial charge in [-0.25, -0.2) is 39.7 Å². The maximum absolute atomic E-state index is 14.2. The van der Waals surface area contributed by atoms with E-state index in [9.17, 15) is 48.9 Å². The second-order valence-corrected chi connectivity index (χ2v) is 27.3. The lowest BCUT2D eigenvalue weighted by molar-refractivity contribution is -0.143. The maximum Gasteiger partial charge on any atom is 0.415 e. The minimum atomic E-state index is -1.29. The van der Waals surface area contributed by atoms with Gasteiger partial charge >= 0.3 is 18.0 Å². The molecule has 1 aliphatic heterocycles. The molecule has 7 aromatic heterocycles. The van der Waals surface area contributed by atoms with Crippen molar-refractivity contribution >= 4 is 115 Å². The summed E-state index contributed by atoms with van der Waals surface area (Å²) in [5, 5.41) is 51.8. The Hall–Kier alpha value is -7.92. The predicted molar refractivity (Wildman–Crippen MR) is 341 cm³/mol. The van der Waals surface area contributed by atoms with Crippen LogP contribution in [-0.2, 0) is 46.7 Å². The normalized spacial score (nSPS) is 18.7. The van der Waals surface area contributed by atoms with Crippen LogP contribution in [0.5, 0.6) is 0 Å². The number of carboxylic acids is 2. The molecule has 8 heterocycles. The summed E-state index contributed by atoms with van der Waals surface area (Å²) in [5.74, 6) is -4.65. The number of carbonyl (C=O) groups is 7. The van der Waals surface area contributed by atoms with Gasteiger partial charge in [0.2, 0.25) is 11.8 Å². The van der Waals surface area contributed by atoms with Crippen molar-refractivity contribution < 1.29 is 63.2 Å². The van der Waals surface area contributed by atoms with E-state index in [1.807, 2.05) is 25.3 Å². The van der Waals surface area contributed by atoms with E-state index >= 15 is 0 Å². The van der Waals surface area contributed by atoms with Gasteiger partial charge < -0.3 is 46.1 Å². The van der Waals surface area contributed by atoms with Gasteiger partial charge in [-0.2, -0.15) is 5.48 Å². The number of carboxylic acid groups (broad SMARTS) is 2. The Bertz CT molecular complexity index is 3930. The summed E-state index contributed by atoms with van der Waals surface area (Å²) in [6.45, 7) is 4.92. The van der Waals surface area contributed by atoms with Gasteiger partial charge in [0, 0.05) is 59.1 Å². The largest absolute Gasteiger partial charge is 0.481 e. The van der Waals surface area contributed by atoms with Crippen molar-refractivity contribution in [2.24, 2.45) is 11.8 Å². The van der Waals surface area contributed by atoms with Crippen LogP contribution in [0.3, 0.4) is 0 Å². The Balaban J connectivity index is 1.01. The number of nitrogens with one attached hydrogen (secondary N) is 5. The molecule has 32 heteroatoms. The number of aliphatic hydroxyl groups is 1. The number of aliphatic hydroxyl groups excluding tert-OH is 1. The lowest BCUT2D eigenvalue weighted by Gasteiger charge is -2.28. The smallest absolute Gasteiger partial charge is 0.415 e. The summed E-state index contributed by atoms with van der Waals surface area (Å²) < 4.78 is 11.3. The number of aromatic nitrogens is 7. The van der Waals surface area contributed by atoms with Crippen LogP contribution in [0, 0.1) is 18.8 Å². The van der Waals surface area contributed by atoms with Gasteiger partial charge in [0.25, 0.3) is 11.8 Å². The number of pyridine rings is 1. The summed E-state index contributed by atoms with van der Waals surface area (Å²) >= 11 is 7.36. The number of hydrogen-bond donors (Lipinski definition) is 8. The van der Waals surface area contributed by atoms with E-state index in [1.165, 1.54) is 87.1 Å². The lowest BCUT2D eigenvalue weighted by Crippen LogP contribution is -2.40. The molecule has 8 aromatic rings. The second-order valence-electron chi connectivity index (χ2n) is 21.5. The predicted octanol–water partition coefficient (Wildman–Crippen LogP) is 9.05. The highest BCUT2D eigenvalue weighted by Crippen LogP contribution is 2.41. The topological polar surface area (TPSA) is 361 Å². The van der Waals surface area contributed by atoms with Crippen molar-refractivity contribution in [3.8, 4) is 43.4 Å². The van der Waals surface area contributed by atoms with Crippen LogP contribution < -0.4 is 31.6 Å². The number of ether oxygens (including phenoxy) is 2. The van der Waals surface area contributed by atoms with Crippen molar-refractivity contribution in [3.63, 3.8) is 0 Å². The summed E-state index contributed by atoms with van der Waals surface area (Å²) in [4.78, 5) is 135. The number of methoxy groups -OCH3 is 1. The van der Waals surface area contributed by atoms with E-state index in [0.29, 0.717) is 105 Å². The number of nitrogens with zero attached hydrogens (tertiary/aromatic N) is 8. The molecule has 26 nitrogen and oxygen atoms in total. The number of fused-ring (bicyclic) bond motifs is 14. The minimum Gasteiger partial charge on any atom is -0.481 e. The fourth-order valence-corrected chi connectivity index (χ4v) is 15.5. The summed E-state index contributed by atoms with van der Waals surface area (Å²) in [6.07, 6.45) is -1.37. The van der Waals surface area contributed by atoms with Gasteiger partial charge in [0.1, 0.15) is 89.2 Å². The van der Waals surface area contributed by atoms with Gasteiger partial charge in [0.15, 0.2) is 0 Å². The van der Waals surface area contributed by atoms with E-state index in [0.717, 1.165) is 0 Å². The minimum absolute atomic E-state index is 0.00133. The Morgan fingerprint density at radius 1 is 0.758 bits per heavy atom. The quantitative estimate of drug-likeness (QED) is 0.0474. The molecule has 0 radical (unpaired) electrons. The Labute approximate surface area is 544 Å². The number of aliphatic carboxylic acids is 2. The van der Waals surface area contributed by atoms with Crippen LogP contribution >= 0.6 is 68.0 Å². The third kappa shape index (κ3) is 16.1. The van der Waals surface area contributed by atoms with Gasteiger partial charge in [-0.3, -0.25) is 38.5 Å². The third-order valence-corrected chi connectivity index (χ3v) is 20.5. The standard InChI is InChI=1S/C59H63N13O13S6/c1-28(2)44-57-70-47(39(91-57)23-83-5)50(78)61-21-42(74)67-48(49(77)30-10-7-6-8-11-30)56-65-38(26-88-56)54-64-37(25-87-54)46-34(52-62-32(24-86-52)22-84-71-36(20-41(73)60-4)55-69-45(29(3)90-55)51(79)68-44)17-18-35(63-46)53-66-40(27-89-53)72(19-9-12-43(75)76)59(82)85-33-15-13-31(14-16-33)58(80)81/h6-8,10-11,17-18,24-28,31,33,36,44,48-49,71,77H,9,12-16,19-23H2,1-5H3,(H,60,73)(H,61,78)(H,67,74)(H,68,79)(H,75,76)(H,80,81)/t31?,33?,36-,44?,48-,49-/m0/s1. The van der Waals surface area contributed by atoms with Gasteiger partial charge in [-0.1, -0.05) is 44.2 Å². The fraction of sp³-hybridized carbons (Fsp3) is 0.390. The molecule has 91 heavy (non-hydrogen) atoms. The first-order valence-corrected chi connectivity index (χ1v) is 33.9. The number of rotatable bonds is 15. The van der Waals surface area contributed by atoms with E-state index in [-0.39, 0.29) is 68.1 Å². The Kier molecular flexibility index (Phi) is 21.8. The molecule has 10 rings (SSSR count). The van der Waals surface area contributed by atoms with E-state index < -0.39 is 78.5 Å². The molecular formula is C59H63N13O13S6. The molecule has 1 aromatic carbocycles. The number of aryl methyl sites for hydroxylation is 1. The average Bonchev–Trinajstić information content (AvgIpc) is 1.73. The molecule has 0 spiro atoms. The maximum atomic E-state index is 14.2. The highest BCUT2D eigenvalue weighted by atomic mass is 32.1. The van der Waals surface area contributed by atoms with Crippen molar-refractivity contribution in [1.82, 2.24) is 61.6 Å². The third-order valence-electron chi connectivity index (χ3n) is 14.7. The molecular weight excluding hydrogens is 1290 g/mol. The molecule has 478 valence electrons. The highest BCUT2D eigenvalue weighted by molar-refractivity contribution is 7.15. The van der Waals surface area contributed by atoms with Gasteiger partial charge in [-0.15, -0.1) is 68.0 Å². The van der Waals surface area contributed by atoms with Crippen LogP contribution in [0.15, 0.2) is 64.0 Å². The first-order chi connectivity index (χ1) is 43.8. The van der Waals surface area contributed by atoms with Crippen LogP contribution in [0.25, 0.3) is 43.4 Å². The molecule has 1 unspecified atom stereocenters. The lowest BCUT2D eigenvalue weighted by atomic mass is 9.87.